The van der Waals surface area contributed by atoms with Gasteiger partial charge in [-0.2, -0.15) is 0 Å². The van der Waals surface area contributed by atoms with Crippen LogP contribution in [0.3, 0.4) is 0 Å². The molecule has 5 nitrogen and oxygen atoms in total. The highest BCUT2D eigenvalue weighted by Gasteiger charge is 2.33. The van der Waals surface area contributed by atoms with Crippen LogP contribution in [0.4, 0.5) is 0 Å². The van der Waals surface area contributed by atoms with Crippen molar-refractivity contribution in [3.05, 3.63) is 28.8 Å². The molecule has 0 aliphatic carbocycles. The van der Waals surface area contributed by atoms with E-state index in [1.807, 2.05) is 0 Å². The molecule has 1 amide bonds. The summed E-state index contributed by atoms with van der Waals surface area (Å²) in [7, 11) is 0. The quantitative estimate of drug-likeness (QED) is 0.672. The number of phenols is 1. The van der Waals surface area contributed by atoms with E-state index in [1.165, 1.54) is 23.1 Å². The van der Waals surface area contributed by atoms with E-state index in [0.717, 1.165) is 0 Å². The van der Waals surface area contributed by atoms with Crippen LogP contribution in [-0.4, -0.2) is 51.4 Å². The van der Waals surface area contributed by atoms with E-state index in [-0.39, 0.29) is 29.4 Å². The van der Waals surface area contributed by atoms with Crippen molar-refractivity contribution in [1.29, 1.82) is 0 Å². The van der Waals surface area contributed by atoms with Crippen molar-refractivity contribution < 1.29 is 20.1 Å². The van der Waals surface area contributed by atoms with Gasteiger partial charge in [0.1, 0.15) is 5.75 Å². The lowest BCUT2D eigenvalue weighted by molar-refractivity contribution is 0.0572. The fraction of sp³-hybridized carbons (Fsp3) is 0.364. The highest BCUT2D eigenvalue weighted by Crippen LogP contribution is 2.24. The number of hydrogen-bond acceptors (Lipinski definition) is 4. The van der Waals surface area contributed by atoms with Gasteiger partial charge in [0.25, 0.3) is 5.91 Å². The molecule has 1 heterocycles. The van der Waals surface area contributed by atoms with Gasteiger partial charge in [0, 0.05) is 13.1 Å². The Morgan fingerprint density at radius 3 is 2.47 bits per heavy atom. The summed E-state index contributed by atoms with van der Waals surface area (Å²) >= 11 is 5.86. The summed E-state index contributed by atoms with van der Waals surface area (Å²) in [5, 5.41) is 28.3. The lowest BCUT2D eigenvalue weighted by Gasteiger charge is -2.16. The zero-order chi connectivity index (χ0) is 12.6. The minimum atomic E-state index is -0.935. The molecule has 1 aromatic carbocycles. The van der Waals surface area contributed by atoms with Gasteiger partial charge >= 0.3 is 0 Å². The van der Waals surface area contributed by atoms with Crippen molar-refractivity contribution in [3.8, 4) is 5.75 Å². The minimum Gasteiger partial charge on any atom is -0.508 e. The van der Waals surface area contributed by atoms with Crippen molar-refractivity contribution in [1.82, 2.24) is 4.90 Å². The Balaban J connectivity index is 2.23. The zero-order valence-electron chi connectivity index (χ0n) is 8.88. The first-order valence-corrected chi connectivity index (χ1v) is 5.51. The standard InChI is InChI=1S/C11H12ClNO4/c12-8-2-1-6(14)3-7(8)11(17)13-4-9(15)10(16)5-13/h1-3,9-10,14-16H,4-5H2. The monoisotopic (exact) mass is 257 g/mol. The van der Waals surface area contributed by atoms with Gasteiger partial charge in [-0.05, 0) is 18.2 Å². The van der Waals surface area contributed by atoms with Gasteiger partial charge in [0.2, 0.25) is 0 Å². The number of halogens is 1. The summed E-state index contributed by atoms with van der Waals surface area (Å²) in [5.41, 5.74) is 0.160. The van der Waals surface area contributed by atoms with Crippen LogP contribution in [-0.2, 0) is 0 Å². The fourth-order valence-electron chi connectivity index (χ4n) is 1.78. The largest absolute Gasteiger partial charge is 0.508 e. The average Bonchev–Trinajstić information content (AvgIpc) is 2.62. The molecule has 1 saturated heterocycles. The Kier molecular flexibility index (Phi) is 3.24. The summed E-state index contributed by atoms with van der Waals surface area (Å²) < 4.78 is 0. The van der Waals surface area contributed by atoms with E-state index in [0.29, 0.717) is 0 Å². The third kappa shape index (κ3) is 2.36. The van der Waals surface area contributed by atoms with E-state index >= 15 is 0 Å². The molecular formula is C11H12ClNO4. The number of carbonyl (C=O) groups excluding carboxylic acids is 1. The van der Waals surface area contributed by atoms with E-state index in [9.17, 15) is 20.1 Å². The molecule has 3 N–H and O–H groups in total. The normalized spacial score (nSPS) is 24.1. The molecule has 0 saturated carbocycles. The zero-order valence-corrected chi connectivity index (χ0v) is 9.63. The number of likely N-dealkylation sites (tertiary alicyclic amines) is 1. The van der Waals surface area contributed by atoms with E-state index in [1.54, 1.807) is 0 Å². The SMILES string of the molecule is O=C(c1cc(O)ccc1Cl)N1CC(O)C(O)C1. The Morgan fingerprint density at radius 1 is 1.29 bits per heavy atom. The van der Waals surface area contributed by atoms with Crippen LogP contribution in [0.5, 0.6) is 5.75 Å². The van der Waals surface area contributed by atoms with Crippen LogP contribution < -0.4 is 0 Å². The molecule has 0 spiro atoms. The number of amides is 1. The summed E-state index contributed by atoms with van der Waals surface area (Å²) in [4.78, 5) is 13.3. The van der Waals surface area contributed by atoms with Crippen molar-refractivity contribution in [2.24, 2.45) is 0 Å². The van der Waals surface area contributed by atoms with Crippen molar-refractivity contribution in [2.75, 3.05) is 13.1 Å². The van der Waals surface area contributed by atoms with Gasteiger partial charge in [0.05, 0.1) is 22.8 Å². The predicted octanol–water partition coefficient (Wildman–Crippen LogP) is 0.223. The minimum absolute atomic E-state index is 0.0574. The van der Waals surface area contributed by atoms with Crippen LogP contribution in [0.15, 0.2) is 18.2 Å². The lowest BCUT2D eigenvalue weighted by Crippen LogP contribution is -2.30. The Morgan fingerprint density at radius 2 is 1.88 bits per heavy atom. The maximum Gasteiger partial charge on any atom is 0.255 e. The number of benzene rings is 1. The first kappa shape index (κ1) is 12.2. The Hall–Kier alpha value is -1.30. The number of nitrogens with zero attached hydrogens (tertiary/aromatic N) is 1. The fourth-order valence-corrected chi connectivity index (χ4v) is 1.98. The second-order valence-corrected chi connectivity index (χ2v) is 4.42. The maximum atomic E-state index is 12.0. The molecule has 2 unspecified atom stereocenters. The molecular weight excluding hydrogens is 246 g/mol. The molecule has 0 bridgehead atoms. The van der Waals surface area contributed by atoms with Crippen LogP contribution in [0, 0.1) is 0 Å². The van der Waals surface area contributed by atoms with Gasteiger partial charge in [-0.1, -0.05) is 11.6 Å². The second-order valence-electron chi connectivity index (χ2n) is 4.01. The van der Waals surface area contributed by atoms with Crippen LogP contribution >= 0.6 is 11.6 Å². The number of aliphatic hydroxyl groups excluding tert-OH is 2. The predicted molar refractivity (Wildman–Crippen MR) is 61.0 cm³/mol. The van der Waals surface area contributed by atoms with Crippen molar-refractivity contribution in [2.45, 2.75) is 12.2 Å². The maximum absolute atomic E-state index is 12.0. The third-order valence-corrected chi connectivity index (χ3v) is 3.06. The van der Waals surface area contributed by atoms with Crippen molar-refractivity contribution in [3.63, 3.8) is 0 Å². The Labute approximate surface area is 103 Å². The Bertz CT molecular complexity index is 441. The highest BCUT2D eigenvalue weighted by atomic mass is 35.5. The molecule has 6 heteroatoms. The van der Waals surface area contributed by atoms with Crippen LogP contribution in [0.25, 0.3) is 0 Å². The topological polar surface area (TPSA) is 81.0 Å². The molecule has 0 aromatic heterocycles. The van der Waals surface area contributed by atoms with Gasteiger partial charge < -0.3 is 20.2 Å². The summed E-state index contributed by atoms with van der Waals surface area (Å²) in [6.45, 7) is 0.123. The molecule has 2 atom stereocenters. The number of phenolic OH excluding ortho intramolecular Hbond substituents is 1. The van der Waals surface area contributed by atoms with Crippen LogP contribution in [0.2, 0.25) is 5.02 Å². The number of aliphatic hydroxyl groups is 2. The first-order valence-electron chi connectivity index (χ1n) is 5.13. The van der Waals surface area contributed by atoms with Gasteiger partial charge in [-0.3, -0.25) is 4.79 Å². The smallest absolute Gasteiger partial charge is 0.255 e. The van der Waals surface area contributed by atoms with Gasteiger partial charge in [-0.25, -0.2) is 0 Å². The number of β-amino-alcohol motifs (C(OH)–C–C–N with tert-alkyl or cyclic N) is 2. The average molecular weight is 258 g/mol. The van der Waals surface area contributed by atoms with E-state index in [4.69, 9.17) is 11.6 Å². The van der Waals surface area contributed by atoms with Crippen LogP contribution in [0.1, 0.15) is 10.4 Å². The molecule has 1 fully saturated rings. The molecule has 1 aromatic rings. The molecule has 1 aliphatic rings. The second kappa shape index (κ2) is 4.52. The van der Waals surface area contributed by atoms with E-state index in [2.05, 4.69) is 0 Å². The number of rotatable bonds is 1. The number of hydrogen-bond donors (Lipinski definition) is 3. The van der Waals surface area contributed by atoms with E-state index < -0.39 is 18.1 Å². The molecule has 92 valence electrons. The lowest BCUT2D eigenvalue weighted by atomic mass is 10.2. The van der Waals surface area contributed by atoms with Gasteiger partial charge in [0.15, 0.2) is 0 Å². The number of carbonyl (C=O) groups is 1. The third-order valence-electron chi connectivity index (χ3n) is 2.73. The van der Waals surface area contributed by atoms with Gasteiger partial charge in [-0.15, -0.1) is 0 Å². The first-order chi connectivity index (χ1) is 7.99. The number of aromatic hydroxyl groups is 1. The molecule has 2 rings (SSSR count). The summed E-state index contributed by atoms with van der Waals surface area (Å²) in [6, 6.07) is 4.07. The molecule has 1 aliphatic heterocycles. The molecule has 17 heavy (non-hydrogen) atoms. The molecule has 0 radical (unpaired) electrons. The summed E-state index contributed by atoms with van der Waals surface area (Å²) in [5.74, 6) is -0.473. The highest BCUT2D eigenvalue weighted by molar-refractivity contribution is 6.33. The summed E-state index contributed by atoms with van der Waals surface area (Å²) in [6.07, 6.45) is -1.87. The van der Waals surface area contributed by atoms with Crippen molar-refractivity contribution >= 4 is 17.5 Å².